The molecule has 1 aromatic carbocycles. The fraction of sp³-hybridized carbons (Fsp3) is 0.467. The number of piperidine rings is 1. The largest absolute Gasteiger partial charge is 0.480 e. The predicted octanol–water partition coefficient (Wildman–Crippen LogP) is 2.68. The molecule has 0 aromatic heterocycles. The van der Waals surface area contributed by atoms with Crippen molar-refractivity contribution < 1.29 is 23.5 Å². The van der Waals surface area contributed by atoms with Crippen LogP contribution in [0, 0.1) is 17.0 Å². The average Bonchev–Trinajstić information content (AvgIpc) is 2.34. The van der Waals surface area contributed by atoms with Crippen LogP contribution in [0.3, 0.4) is 0 Å². The monoisotopic (exact) mass is 297 g/mol. The lowest BCUT2D eigenvalue weighted by atomic mass is 9.76. The van der Waals surface area contributed by atoms with Crippen molar-refractivity contribution in [2.45, 2.75) is 32.7 Å². The van der Waals surface area contributed by atoms with Gasteiger partial charge < -0.3 is 10.0 Å². The van der Waals surface area contributed by atoms with Gasteiger partial charge in [0.05, 0.1) is 0 Å². The van der Waals surface area contributed by atoms with Crippen LogP contribution in [0.4, 0.5) is 8.78 Å². The quantitative estimate of drug-likeness (QED) is 0.913. The number of nitrogens with zero attached hydrogens (tertiary/aromatic N) is 1. The lowest BCUT2D eigenvalue weighted by molar-refractivity contribution is -0.148. The third-order valence-electron chi connectivity index (χ3n) is 3.88. The van der Waals surface area contributed by atoms with Crippen LogP contribution in [0.1, 0.15) is 37.0 Å². The molecule has 0 aliphatic carbocycles. The van der Waals surface area contributed by atoms with E-state index in [-0.39, 0.29) is 12.1 Å². The van der Waals surface area contributed by atoms with Gasteiger partial charge in [0, 0.05) is 18.2 Å². The Hall–Kier alpha value is -1.98. The van der Waals surface area contributed by atoms with Crippen molar-refractivity contribution in [3.8, 4) is 0 Å². The fourth-order valence-electron chi connectivity index (χ4n) is 2.92. The van der Waals surface area contributed by atoms with Crippen molar-refractivity contribution in [2.24, 2.45) is 5.41 Å². The molecule has 0 saturated carbocycles. The zero-order valence-corrected chi connectivity index (χ0v) is 11.9. The van der Waals surface area contributed by atoms with E-state index in [1.807, 2.05) is 0 Å². The van der Waals surface area contributed by atoms with E-state index in [9.17, 15) is 23.5 Å². The zero-order valence-electron chi connectivity index (χ0n) is 11.9. The Morgan fingerprint density at radius 1 is 1.24 bits per heavy atom. The summed E-state index contributed by atoms with van der Waals surface area (Å²) < 4.78 is 26.5. The van der Waals surface area contributed by atoms with Crippen molar-refractivity contribution in [1.29, 1.82) is 0 Å². The van der Waals surface area contributed by atoms with E-state index in [1.54, 1.807) is 13.8 Å². The van der Waals surface area contributed by atoms with E-state index in [0.717, 1.165) is 12.1 Å². The van der Waals surface area contributed by atoms with Gasteiger partial charge in [0.1, 0.15) is 17.7 Å². The topological polar surface area (TPSA) is 57.6 Å². The molecule has 1 aliphatic heterocycles. The molecule has 6 heteroatoms. The minimum absolute atomic E-state index is 0.170. The second kappa shape index (κ2) is 5.42. The highest BCUT2D eigenvalue weighted by molar-refractivity contribution is 5.97. The Balaban J connectivity index is 2.38. The first kappa shape index (κ1) is 15.4. The summed E-state index contributed by atoms with van der Waals surface area (Å²) in [6, 6.07) is 1.51. The molecule has 1 unspecified atom stereocenters. The van der Waals surface area contributed by atoms with Crippen LogP contribution in [0.15, 0.2) is 18.2 Å². The highest BCUT2D eigenvalue weighted by Crippen LogP contribution is 2.36. The minimum atomic E-state index is -1.11. The second-order valence-corrected chi connectivity index (χ2v) is 5.99. The van der Waals surface area contributed by atoms with Gasteiger partial charge in [-0.2, -0.15) is 0 Å². The van der Waals surface area contributed by atoms with E-state index >= 15 is 0 Å². The van der Waals surface area contributed by atoms with Crippen LogP contribution in [0.5, 0.6) is 0 Å². The summed E-state index contributed by atoms with van der Waals surface area (Å²) in [6.45, 7) is 3.81. The Morgan fingerprint density at radius 2 is 1.81 bits per heavy atom. The first-order valence-electron chi connectivity index (χ1n) is 6.72. The number of aliphatic carboxylic acids is 1. The highest BCUT2D eigenvalue weighted by atomic mass is 19.1. The third kappa shape index (κ3) is 3.04. The minimum Gasteiger partial charge on any atom is -0.480 e. The fourth-order valence-corrected chi connectivity index (χ4v) is 2.92. The first-order chi connectivity index (χ1) is 9.72. The van der Waals surface area contributed by atoms with Gasteiger partial charge >= 0.3 is 5.97 Å². The lowest BCUT2D eigenvalue weighted by Crippen LogP contribution is -2.56. The number of likely N-dealkylation sites (tertiary alicyclic amines) is 1. The SMILES string of the molecule is CC1(C)CCCN(C(=O)c2cc(F)cc(F)c2)C1C(=O)O. The first-order valence-corrected chi connectivity index (χ1v) is 6.72. The van der Waals surface area contributed by atoms with Crippen LogP contribution in [-0.4, -0.2) is 34.5 Å². The highest BCUT2D eigenvalue weighted by Gasteiger charge is 2.44. The molecule has 0 spiro atoms. The molecule has 1 fully saturated rings. The van der Waals surface area contributed by atoms with E-state index in [0.29, 0.717) is 18.9 Å². The van der Waals surface area contributed by atoms with Crippen LogP contribution in [0.2, 0.25) is 0 Å². The maximum atomic E-state index is 13.2. The van der Waals surface area contributed by atoms with Gasteiger partial charge in [0.25, 0.3) is 5.91 Å². The summed E-state index contributed by atoms with van der Waals surface area (Å²) in [5.74, 6) is -3.48. The van der Waals surface area contributed by atoms with Gasteiger partial charge in [0.15, 0.2) is 0 Å². The molecular weight excluding hydrogens is 280 g/mol. The molecule has 0 bridgehead atoms. The number of rotatable bonds is 2. The molecule has 1 N–H and O–H groups in total. The number of halogens is 2. The number of carbonyl (C=O) groups is 2. The van der Waals surface area contributed by atoms with E-state index < -0.39 is 35.0 Å². The summed E-state index contributed by atoms with van der Waals surface area (Å²) >= 11 is 0. The number of benzene rings is 1. The van der Waals surface area contributed by atoms with Crippen LogP contribution >= 0.6 is 0 Å². The van der Waals surface area contributed by atoms with Crippen molar-refractivity contribution in [2.75, 3.05) is 6.54 Å². The summed E-state index contributed by atoms with van der Waals surface area (Å²) in [5, 5.41) is 9.41. The third-order valence-corrected chi connectivity index (χ3v) is 3.88. The Kier molecular flexibility index (Phi) is 3.98. The Morgan fingerprint density at radius 3 is 2.33 bits per heavy atom. The molecule has 4 nitrogen and oxygen atoms in total. The maximum Gasteiger partial charge on any atom is 0.326 e. The van der Waals surface area contributed by atoms with Gasteiger partial charge in [-0.05, 0) is 30.4 Å². The van der Waals surface area contributed by atoms with Crippen LogP contribution in [-0.2, 0) is 4.79 Å². The van der Waals surface area contributed by atoms with Crippen LogP contribution < -0.4 is 0 Å². The molecule has 21 heavy (non-hydrogen) atoms. The number of carboxylic acid groups (broad SMARTS) is 1. The number of carboxylic acids is 1. The zero-order chi connectivity index (χ0) is 15.8. The van der Waals surface area contributed by atoms with E-state index in [2.05, 4.69) is 0 Å². The van der Waals surface area contributed by atoms with Crippen molar-refractivity contribution >= 4 is 11.9 Å². The van der Waals surface area contributed by atoms with Crippen molar-refractivity contribution in [3.05, 3.63) is 35.4 Å². The number of carbonyl (C=O) groups excluding carboxylic acids is 1. The van der Waals surface area contributed by atoms with E-state index in [1.165, 1.54) is 4.90 Å². The molecule has 114 valence electrons. The van der Waals surface area contributed by atoms with Crippen molar-refractivity contribution in [1.82, 2.24) is 4.90 Å². The standard InChI is InChI=1S/C15H17F2NO3/c1-15(2)4-3-5-18(12(15)14(20)21)13(19)9-6-10(16)8-11(17)7-9/h6-8,12H,3-5H2,1-2H3,(H,20,21). The smallest absolute Gasteiger partial charge is 0.326 e. The molecule has 1 heterocycles. The van der Waals surface area contributed by atoms with Crippen LogP contribution in [0.25, 0.3) is 0 Å². The summed E-state index contributed by atoms with van der Waals surface area (Å²) in [4.78, 5) is 25.1. The molecule has 1 aromatic rings. The number of hydrogen-bond acceptors (Lipinski definition) is 2. The lowest BCUT2D eigenvalue weighted by Gasteiger charge is -2.44. The Bertz CT molecular complexity index is 566. The molecular formula is C15H17F2NO3. The molecule has 2 rings (SSSR count). The number of hydrogen-bond donors (Lipinski definition) is 1. The van der Waals surface area contributed by atoms with Gasteiger partial charge in [-0.1, -0.05) is 13.8 Å². The molecule has 1 aliphatic rings. The van der Waals surface area contributed by atoms with Gasteiger partial charge in [-0.3, -0.25) is 4.79 Å². The average molecular weight is 297 g/mol. The second-order valence-electron chi connectivity index (χ2n) is 5.99. The summed E-state index contributed by atoms with van der Waals surface area (Å²) in [6.07, 6.45) is 1.32. The Labute approximate surface area is 121 Å². The number of amides is 1. The van der Waals surface area contributed by atoms with E-state index in [4.69, 9.17) is 0 Å². The molecule has 1 atom stereocenters. The molecule has 0 radical (unpaired) electrons. The van der Waals surface area contributed by atoms with Gasteiger partial charge in [0.2, 0.25) is 0 Å². The molecule has 1 amide bonds. The van der Waals surface area contributed by atoms with Gasteiger partial charge in [-0.15, -0.1) is 0 Å². The normalized spacial score (nSPS) is 21.1. The predicted molar refractivity (Wildman–Crippen MR) is 71.8 cm³/mol. The molecule has 1 saturated heterocycles. The van der Waals surface area contributed by atoms with Gasteiger partial charge in [-0.25, -0.2) is 13.6 Å². The maximum absolute atomic E-state index is 13.2. The summed E-state index contributed by atoms with van der Waals surface area (Å²) in [7, 11) is 0. The van der Waals surface area contributed by atoms with Crippen molar-refractivity contribution in [3.63, 3.8) is 0 Å². The summed E-state index contributed by atoms with van der Waals surface area (Å²) in [5.41, 5.74) is -0.762.